The molecule has 0 radical (unpaired) electrons. The number of amides is 1. The van der Waals surface area contributed by atoms with Crippen molar-refractivity contribution in [2.75, 3.05) is 5.32 Å². The summed E-state index contributed by atoms with van der Waals surface area (Å²) < 4.78 is 2.92. The quantitative estimate of drug-likeness (QED) is 0.472. The van der Waals surface area contributed by atoms with Gasteiger partial charge in [0.2, 0.25) is 0 Å². The number of carbonyl (C=O) groups is 1. The highest BCUT2D eigenvalue weighted by Gasteiger charge is 2.14. The third-order valence-corrected chi connectivity index (χ3v) is 5.57. The lowest BCUT2D eigenvalue weighted by Crippen LogP contribution is -2.12. The first kappa shape index (κ1) is 17.3. The van der Waals surface area contributed by atoms with Crippen LogP contribution in [-0.2, 0) is 0 Å². The van der Waals surface area contributed by atoms with E-state index >= 15 is 0 Å². The minimum Gasteiger partial charge on any atom is -0.365 e. The lowest BCUT2D eigenvalue weighted by Gasteiger charge is -2.05. The number of carbonyl (C=O) groups excluding carboxylic acids is 1. The number of aromatic nitrogens is 4. The number of rotatable bonds is 4. The summed E-state index contributed by atoms with van der Waals surface area (Å²) in [5, 5.41) is 12.6. The van der Waals surface area contributed by atoms with Gasteiger partial charge in [-0.15, -0.1) is 10.2 Å². The van der Waals surface area contributed by atoms with Crippen LogP contribution >= 0.6 is 11.3 Å². The number of fused-ring (bicyclic) bond motifs is 2. The van der Waals surface area contributed by atoms with Gasteiger partial charge in [-0.25, -0.2) is 4.98 Å². The molecule has 0 bridgehead atoms. The predicted molar refractivity (Wildman–Crippen MR) is 115 cm³/mol. The Morgan fingerprint density at radius 1 is 1.10 bits per heavy atom. The van der Waals surface area contributed by atoms with Crippen LogP contribution in [0.5, 0.6) is 0 Å². The second-order valence-corrected chi connectivity index (χ2v) is 7.73. The van der Waals surface area contributed by atoms with Crippen molar-refractivity contribution in [2.45, 2.75) is 6.92 Å². The number of pyridine rings is 1. The Hall–Kier alpha value is -3.78. The summed E-state index contributed by atoms with van der Waals surface area (Å²) in [4.78, 5) is 16.2. The first-order chi connectivity index (χ1) is 14.1. The number of nitrogens with zero attached hydrogens (tertiary/aromatic N) is 4. The summed E-state index contributed by atoms with van der Waals surface area (Å²) in [6, 6.07) is 17.5. The average molecular weight is 400 g/mol. The molecule has 3 heterocycles. The van der Waals surface area contributed by atoms with Gasteiger partial charge >= 0.3 is 0 Å². The van der Waals surface area contributed by atoms with E-state index in [1.54, 1.807) is 27.9 Å². The molecule has 142 valence electrons. The molecular weight excluding hydrogens is 384 g/mol. The van der Waals surface area contributed by atoms with Gasteiger partial charge < -0.3 is 11.1 Å². The lowest BCUT2D eigenvalue weighted by atomic mass is 10.2. The van der Waals surface area contributed by atoms with Crippen molar-refractivity contribution in [3.05, 3.63) is 71.9 Å². The minimum absolute atomic E-state index is 0.343. The normalized spacial score (nSPS) is 11.2. The molecule has 0 spiro atoms. The van der Waals surface area contributed by atoms with E-state index in [0.29, 0.717) is 17.0 Å². The number of benzene rings is 2. The maximum absolute atomic E-state index is 11.6. The number of hydrogen-bond donors (Lipinski definition) is 2. The monoisotopic (exact) mass is 400 g/mol. The predicted octanol–water partition coefficient (Wildman–Crippen LogP) is 4.16. The molecule has 0 aliphatic carbocycles. The van der Waals surface area contributed by atoms with Gasteiger partial charge in [0.25, 0.3) is 5.91 Å². The van der Waals surface area contributed by atoms with E-state index < -0.39 is 5.91 Å². The van der Waals surface area contributed by atoms with Crippen molar-refractivity contribution in [3.63, 3.8) is 0 Å². The zero-order chi connectivity index (χ0) is 20.0. The first-order valence-electron chi connectivity index (χ1n) is 8.97. The number of hydrogen-bond acceptors (Lipinski definition) is 6. The largest absolute Gasteiger partial charge is 0.365 e. The van der Waals surface area contributed by atoms with Crippen LogP contribution in [0.3, 0.4) is 0 Å². The summed E-state index contributed by atoms with van der Waals surface area (Å²) in [7, 11) is 0. The van der Waals surface area contributed by atoms with Gasteiger partial charge in [-0.05, 0) is 61.0 Å². The Balaban J connectivity index is 1.45. The molecule has 0 aliphatic rings. The van der Waals surface area contributed by atoms with E-state index in [2.05, 4.69) is 39.6 Å². The van der Waals surface area contributed by atoms with E-state index in [4.69, 9.17) is 5.73 Å². The number of nitrogens with two attached hydrogens (primary N) is 1. The van der Waals surface area contributed by atoms with Crippen molar-refractivity contribution in [3.8, 4) is 11.4 Å². The molecule has 8 heteroatoms. The molecule has 0 saturated heterocycles. The van der Waals surface area contributed by atoms with Crippen LogP contribution in [0.15, 0.2) is 60.8 Å². The molecule has 5 rings (SSSR count). The maximum Gasteiger partial charge on any atom is 0.252 e. The van der Waals surface area contributed by atoms with Gasteiger partial charge in [0.15, 0.2) is 16.6 Å². The fourth-order valence-electron chi connectivity index (χ4n) is 3.22. The van der Waals surface area contributed by atoms with Crippen LogP contribution in [-0.4, -0.2) is 25.5 Å². The van der Waals surface area contributed by atoms with Crippen molar-refractivity contribution >= 4 is 43.9 Å². The zero-order valence-electron chi connectivity index (χ0n) is 15.5. The average Bonchev–Trinajstić information content (AvgIpc) is 3.31. The third kappa shape index (κ3) is 3.09. The number of thiazole rings is 1. The molecule has 7 nitrogen and oxygen atoms in total. The highest BCUT2D eigenvalue weighted by Crippen LogP contribution is 2.30. The highest BCUT2D eigenvalue weighted by molar-refractivity contribution is 7.22. The van der Waals surface area contributed by atoms with Crippen LogP contribution < -0.4 is 11.1 Å². The number of anilines is 2. The molecule has 0 saturated carbocycles. The molecule has 3 N–H and O–H groups in total. The second-order valence-electron chi connectivity index (χ2n) is 6.70. The van der Waals surface area contributed by atoms with Gasteiger partial charge in [0.05, 0.1) is 15.8 Å². The molecule has 1 amide bonds. The topological polar surface area (TPSA) is 98.2 Å². The summed E-state index contributed by atoms with van der Waals surface area (Å²) in [5.41, 5.74) is 10.2. The molecule has 0 fully saturated rings. The van der Waals surface area contributed by atoms with E-state index in [9.17, 15) is 4.79 Å². The molecule has 2 aromatic carbocycles. The molecule has 5 aromatic rings. The Kier molecular flexibility index (Phi) is 3.99. The van der Waals surface area contributed by atoms with Gasteiger partial charge in [-0.3, -0.25) is 9.20 Å². The fraction of sp³-hybridized carbons (Fsp3) is 0.0476. The third-order valence-electron chi connectivity index (χ3n) is 4.64. The summed E-state index contributed by atoms with van der Waals surface area (Å²) in [6.45, 7) is 2.07. The first-order valence-corrected chi connectivity index (χ1v) is 9.78. The molecule has 3 aromatic heterocycles. The second kappa shape index (κ2) is 6.68. The molecule has 0 unspecified atom stereocenters. The summed E-state index contributed by atoms with van der Waals surface area (Å²) >= 11 is 1.62. The van der Waals surface area contributed by atoms with Crippen molar-refractivity contribution in [1.82, 2.24) is 19.6 Å². The van der Waals surface area contributed by atoms with Crippen LogP contribution in [0, 0.1) is 6.92 Å². The van der Waals surface area contributed by atoms with Gasteiger partial charge in [-0.2, -0.15) is 0 Å². The van der Waals surface area contributed by atoms with Gasteiger partial charge in [0, 0.05) is 17.4 Å². The SMILES string of the molecule is Cc1ccc2nc(Nc3ccc(-c4nnc5c(C(N)=O)cccn45)cc3)sc2c1. The summed E-state index contributed by atoms with van der Waals surface area (Å²) in [5.74, 6) is 0.116. The van der Waals surface area contributed by atoms with Crippen LogP contribution in [0.1, 0.15) is 15.9 Å². The molecule has 0 aliphatic heterocycles. The van der Waals surface area contributed by atoms with E-state index in [-0.39, 0.29) is 0 Å². The molecule has 0 atom stereocenters. The smallest absolute Gasteiger partial charge is 0.252 e. The van der Waals surface area contributed by atoms with Crippen LogP contribution in [0.25, 0.3) is 27.3 Å². The van der Waals surface area contributed by atoms with Crippen molar-refractivity contribution < 1.29 is 4.79 Å². The fourth-order valence-corrected chi connectivity index (χ4v) is 4.20. The van der Waals surface area contributed by atoms with Crippen molar-refractivity contribution in [2.24, 2.45) is 5.73 Å². The van der Waals surface area contributed by atoms with Crippen molar-refractivity contribution in [1.29, 1.82) is 0 Å². The number of aryl methyl sites for hydroxylation is 1. The highest BCUT2D eigenvalue weighted by atomic mass is 32.1. The molecular formula is C21H16N6OS. The Bertz CT molecular complexity index is 1370. The number of nitrogens with one attached hydrogen (secondary N) is 1. The van der Waals surface area contributed by atoms with E-state index in [0.717, 1.165) is 26.6 Å². The van der Waals surface area contributed by atoms with E-state index in [1.807, 2.05) is 36.5 Å². The zero-order valence-corrected chi connectivity index (χ0v) is 16.3. The minimum atomic E-state index is -0.528. The van der Waals surface area contributed by atoms with Crippen LogP contribution in [0.2, 0.25) is 0 Å². The summed E-state index contributed by atoms with van der Waals surface area (Å²) in [6.07, 6.45) is 1.81. The van der Waals surface area contributed by atoms with Crippen LogP contribution in [0.4, 0.5) is 10.8 Å². The maximum atomic E-state index is 11.6. The molecule has 29 heavy (non-hydrogen) atoms. The Morgan fingerprint density at radius 3 is 2.72 bits per heavy atom. The Morgan fingerprint density at radius 2 is 1.93 bits per heavy atom. The Labute approximate surface area is 169 Å². The van der Waals surface area contributed by atoms with Gasteiger partial charge in [-0.1, -0.05) is 17.4 Å². The number of primary amides is 1. The standard InChI is InChI=1S/C21H16N6OS/c1-12-4-9-16-17(11-12)29-21(24-16)23-14-7-5-13(6-8-14)19-25-26-20-15(18(22)28)3-2-10-27(19)20/h2-11H,1H3,(H2,22,28)(H,23,24). The van der Waals surface area contributed by atoms with Gasteiger partial charge in [0.1, 0.15) is 0 Å². The lowest BCUT2D eigenvalue weighted by molar-refractivity contribution is 0.100. The van der Waals surface area contributed by atoms with E-state index in [1.165, 1.54) is 5.56 Å².